The van der Waals surface area contributed by atoms with Gasteiger partial charge in [-0.3, -0.25) is 4.79 Å². The van der Waals surface area contributed by atoms with Crippen LogP contribution in [0.1, 0.15) is 5.76 Å². The second-order valence-electron chi connectivity index (χ2n) is 5.12. The standard InChI is InChI=1S/C17H17BrN2O2/c18-16-8-6-15(22-16)7-9-17(21)20-12-10-19(11-13-20)14-4-2-1-3-5-14/h1-9H,10-13H2/b9-7+. The quantitative estimate of drug-likeness (QED) is 0.787. The van der Waals surface area contributed by atoms with Crippen LogP contribution >= 0.6 is 15.9 Å². The lowest BCUT2D eigenvalue weighted by Crippen LogP contribution is -2.48. The lowest BCUT2D eigenvalue weighted by Gasteiger charge is -2.35. The van der Waals surface area contributed by atoms with Crippen molar-refractivity contribution in [1.82, 2.24) is 4.90 Å². The third-order valence-electron chi connectivity index (χ3n) is 3.70. The van der Waals surface area contributed by atoms with E-state index in [0.717, 1.165) is 26.2 Å². The molecule has 1 fully saturated rings. The summed E-state index contributed by atoms with van der Waals surface area (Å²) in [4.78, 5) is 16.4. The summed E-state index contributed by atoms with van der Waals surface area (Å²) in [5, 5.41) is 0. The number of hydrogen-bond acceptors (Lipinski definition) is 3. The van der Waals surface area contributed by atoms with Gasteiger partial charge >= 0.3 is 0 Å². The normalized spacial score (nSPS) is 15.5. The zero-order valence-electron chi connectivity index (χ0n) is 12.1. The first-order valence-electron chi connectivity index (χ1n) is 7.25. The number of amides is 1. The molecule has 0 aliphatic carbocycles. The SMILES string of the molecule is O=C(/C=C/c1ccc(Br)o1)N1CCN(c2ccccc2)CC1. The zero-order valence-corrected chi connectivity index (χ0v) is 13.7. The molecule has 0 radical (unpaired) electrons. The highest BCUT2D eigenvalue weighted by Crippen LogP contribution is 2.17. The van der Waals surface area contributed by atoms with Gasteiger partial charge in [0.05, 0.1) is 0 Å². The Morgan fingerprint density at radius 2 is 1.77 bits per heavy atom. The number of benzene rings is 1. The highest BCUT2D eigenvalue weighted by atomic mass is 79.9. The second kappa shape index (κ2) is 6.83. The van der Waals surface area contributed by atoms with Crippen molar-refractivity contribution in [2.24, 2.45) is 0 Å². The summed E-state index contributed by atoms with van der Waals surface area (Å²) in [5.41, 5.74) is 1.21. The van der Waals surface area contributed by atoms with Crippen LogP contribution in [-0.4, -0.2) is 37.0 Å². The maximum Gasteiger partial charge on any atom is 0.246 e. The molecule has 1 aliphatic rings. The van der Waals surface area contributed by atoms with Crippen molar-refractivity contribution >= 4 is 33.6 Å². The largest absolute Gasteiger partial charge is 0.450 e. The molecule has 3 rings (SSSR count). The molecule has 2 heterocycles. The van der Waals surface area contributed by atoms with Gasteiger partial charge in [0, 0.05) is 37.9 Å². The van der Waals surface area contributed by atoms with E-state index in [4.69, 9.17) is 4.42 Å². The van der Waals surface area contributed by atoms with E-state index in [2.05, 4.69) is 33.0 Å². The molecule has 0 spiro atoms. The Kier molecular flexibility index (Phi) is 4.63. The van der Waals surface area contributed by atoms with Crippen molar-refractivity contribution < 1.29 is 9.21 Å². The molecular formula is C17H17BrN2O2. The first-order valence-corrected chi connectivity index (χ1v) is 8.04. The third kappa shape index (κ3) is 3.60. The summed E-state index contributed by atoms with van der Waals surface area (Å²) < 4.78 is 6.01. The fourth-order valence-electron chi connectivity index (χ4n) is 2.50. The maximum absolute atomic E-state index is 12.2. The van der Waals surface area contributed by atoms with Crippen molar-refractivity contribution in [3.05, 3.63) is 59.0 Å². The number of hydrogen-bond donors (Lipinski definition) is 0. The summed E-state index contributed by atoms with van der Waals surface area (Å²) >= 11 is 3.24. The molecule has 4 nitrogen and oxygen atoms in total. The molecule has 0 saturated carbocycles. The molecule has 0 unspecified atom stereocenters. The number of nitrogens with zero attached hydrogens (tertiary/aromatic N) is 2. The van der Waals surface area contributed by atoms with Crippen LogP contribution in [0.4, 0.5) is 5.69 Å². The highest BCUT2D eigenvalue weighted by molar-refractivity contribution is 9.10. The monoisotopic (exact) mass is 360 g/mol. The summed E-state index contributed by atoms with van der Waals surface area (Å²) in [6.07, 6.45) is 3.28. The molecule has 0 atom stereocenters. The minimum absolute atomic E-state index is 0.0280. The highest BCUT2D eigenvalue weighted by Gasteiger charge is 2.19. The molecule has 1 aromatic heterocycles. The van der Waals surface area contributed by atoms with Crippen molar-refractivity contribution in [2.75, 3.05) is 31.1 Å². The van der Waals surface area contributed by atoms with Crippen molar-refractivity contribution in [2.45, 2.75) is 0 Å². The first kappa shape index (κ1) is 14.9. The van der Waals surface area contributed by atoms with E-state index >= 15 is 0 Å². The molecule has 2 aromatic rings. The molecular weight excluding hydrogens is 344 g/mol. The van der Waals surface area contributed by atoms with Gasteiger partial charge in [-0.1, -0.05) is 18.2 Å². The first-order chi connectivity index (χ1) is 10.7. The van der Waals surface area contributed by atoms with Crippen molar-refractivity contribution in [1.29, 1.82) is 0 Å². The van der Waals surface area contributed by atoms with Gasteiger partial charge in [0.25, 0.3) is 0 Å². The Balaban J connectivity index is 1.55. The predicted octanol–water partition coefficient (Wildman–Crippen LogP) is 3.40. The predicted molar refractivity (Wildman–Crippen MR) is 90.7 cm³/mol. The molecule has 1 aromatic carbocycles. The van der Waals surface area contributed by atoms with E-state index in [1.54, 1.807) is 12.2 Å². The Morgan fingerprint density at radius 3 is 2.41 bits per heavy atom. The van der Waals surface area contributed by atoms with Gasteiger partial charge in [-0.25, -0.2) is 0 Å². The lowest BCUT2D eigenvalue weighted by molar-refractivity contribution is -0.126. The molecule has 0 N–H and O–H groups in total. The van der Waals surface area contributed by atoms with Gasteiger partial charge in [0.2, 0.25) is 5.91 Å². The topological polar surface area (TPSA) is 36.7 Å². The number of para-hydroxylation sites is 1. The number of rotatable bonds is 3. The van der Waals surface area contributed by atoms with Crippen LogP contribution in [0.15, 0.2) is 57.6 Å². The number of carbonyl (C=O) groups excluding carboxylic acids is 1. The molecule has 0 bridgehead atoms. The Labute approximate surface area is 138 Å². The van der Waals surface area contributed by atoms with E-state index in [9.17, 15) is 4.79 Å². The van der Waals surface area contributed by atoms with E-state index in [-0.39, 0.29) is 5.91 Å². The average Bonchev–Trinajstić information content (AvgIpc) is 2.99. The van der Waals surface area contributed by atoms with E-state index < -0.39 is 0 Å². The summed E-state index contributed by atoms with van der Waals surface area (Å²) in [6, 6.07) is 13.9. The number of piperazine rings is 1. The summed E-state index contributed by atoms with van der Waals surface area (Å²) in [5.74, 6) is 0.698. The van der Waals surface area contributed by atoms with Gasteiger partial charge in [-0.05, 0) is 46.3 Å². The number of furan rings is 1. The van der Waals surface area contributed by atoms with Crippen LogP contribution in [0.5, 0.6) is 0 Å². The van der Waals surface area contributed by atoms with Gasteiger partial charge in [0.15, 0.2) is 4.67 Å². The minimum atomic E-state index is 0.0280. The van der Waals surface area contributed by atoms with Crippen molar-refractivity contribution in [3.63, 3.8) is 0 Å². The van der Waals surface area contributed by atoms with Crippen LogP contribution in [0.25, 0.3) is 6.08 Å². The third-order valence-corrected chi connectivity index (χ3v) is 4.12. The van der Waals surface area contributed by atoms with Gasteiger partial charge in [-0.2, -0.15) is 0 Å². The van der Waals surface area contributed by atoms with Crippen LogP contribution in [0.3, 0.4) is 0 Å². The lowest BCUT2D eigenvalue weighted by atomic mass is 10.2. The van der Waals surface area contributed by atoms with Crippen LogP contribution in [0, 0.1) is 0 Å². The number of carbonyl (C=O) groups is 1. The zero-order chi connectivity index (χ0) is 15.4. The Hall–Kier alpha value is -2.01. The van der Waals surface area contributed by atoms with E-state index in [1.165, 1.54) is 5.69 Å². The molecule has 1 aliphatic heterocycles. The molecule has 114 valence electrons. The number of halogens is 1. The Morgan fingerprint density at radius 1 is 1.05 bits per heavy atom. The van der Waals surface area contributed by atoms with Crippen LogP contribution < -0.4 is 4.90 Å². The van der Waals surface area contributed by atoms with Crippen LogP contribution in [0.2, 0.25) is 0 Å². The van der Waals surface area contributed by atoms with Gasteiger partial charge in [0.1, 0.15) is 5.76 Å². The number of anilines is 1. The van der Waals surface area contributed by atoms with E-state index in [0.29, 0.717) is 10.4 Å². The molecule has 1 saturated heterocycles. The van der Waals surface area contributed by atoms with Gasteiger partial charge in [-0.15, -0.1) is 0 Å². The Bertz CT molecular complexity index is 658. The molecule has 5 heteroatoms. The van der Waals surface area contributed by atoms with Crippen LogP contribution in [-0.2, 0) is 4.79 Å². The fraction of sp³-hybridized carbons (Fsp3) is 0.235. The molecule has 1 amide bonds. The van der Waals surface area contributed by atoms with Gasteiger partial charge < -0.3 is 14.2 Å². The fourth-order valence-corrected chi connectivity index (χ4v) is 2.82. The van der Waals surface area contributed by atoms with Crippen molar-refractivity contribution in [3.8, 4) is 0 Å². The maximum atomic E-state index is 12.2. The minimum Gasteiger partial charge on any atom is -0.450 e. The summed E-state index contributed by atoms with van der Waals surface area (Å²) in [6.45, 7) is 3.19. The smallest absolute Gasteiger partial charge is 0.246 e. The average molecular weight is 361 g/mol. The van der Waals surface area contributed by atoms with E-state index in [1.807, 2.05) is 35.2 Å². The summed E-state index contributed by atoms with van der Waals surface area (Å²) in [7, 11) is 0. The second-order valence-corrected chi connectivity index (χ2v) is 5.90. The molecule has 22 heavy (non-hydrogen) atoms.